The van der Waals surface area contributed by atoms with Crippen LogP contribution in [0.3, 0.4) is 0 Å². The van der Waals surface area contributed by atoms with E-state index in [1.807, 2.05) is 26.8 Å². The normalized spacial score (nSPS) is 11.1. The lowest BCUT2D eigenvalue weighted by Crippen LogP contribution is -2.31. The highest BCUT2D eigenvalue weighted by Crippen LogP contribution is 2.19. The quantitative estimate of drug-likeness (QED) is 0.834. The highest BCUT2D eigenvalue weighted by molar-refractivity contribution is 5.97. The molecule has 0 unspecified atom stereocenters. The number of carboxylic acid groups (broad SMARTS) is 1. The summed E-state index contributed by atoms with van der Waals surface area (Å²) in [4.78, 5) is 27.7. The van der Waals surface area contributed by atoms with Crippen molar-refractivity contribution in [1.29, 1.82) is 0 Å². The van der Waals surface area contributed by atoms with Crippen LogP contribution < -0.4 is 0 Å². The van der Waals surface area contributed by atoms with E-state index < -0.39 is 6.09 Å². The Hall–Kier alpha value is -1.91. The fourth-order valence-electron chi connectivity index (χ4n) is 1.37. The molecule has 0 bridgehead atoms. The summed E-state index contributed by atoms with van der Waals surface area (Å²) in [5.74, 6) is -0.300. The Bertz CT molecular complexity index is 464. The van der Waals surface area contributed by atoms with Gasteiger partial charge in [-0.05, 0) is 12.1 Å². The number of likely N-dealkylation sites (N-methyl/N-ethyl adjacent to an activating group) is 1. The van der Waals surface area contributed by atoms with Crippen LogP contribution in [-0.2, 0) is 5.41 Å². The summed E-state index contributed by atoms with van der Waals surface area (Å²) in [6.07, 6.45) is -1.13. The molecule has 1 aromatic rings. The minimum Gasteiger partial charge on any atom is -0.465 e. The van der Waals surface area contributed by atoms with E-state index >= 15 is 0 Å². The largest absolute Gasteiger partial charge is 0.465 e. The lowest BCUT2D eigenvalue weighted by Gasteiger charge is -2.18. The Kier molecular flexibility index (Phi) is 4.06. The molecule has 18 heavy (non-hydrogen) atoms. The third-order valence-electron chi connectivity index (χ3n) is 2.51. The van der Waals surface area contributed by atoms with Crippen molar-refractivity contribution in [3.8, 4) is 0 Å². The van der Waals surface area contributed by atoms with Crippen molar-refractivity contribution in [3.05, 3.63) is 29.6 Å². The fraction of sp³-hybridized carbons (Fsp3) is 0.462. The molecule has 98 valence electrons. The number of carbonyl (C=O) groups is 2. The first-order valence-corrected chi connectivity index (χ1v) is 5.66. The molecule has 1 aromatic heterocycles. The number of ketones is 1. The van der Waals surface area contributed by atoms with Gasteiger partial charge < -0.3 is 10.0 Å². The van der Waals surface area contributed by atoms with Gasteiger partial charge in [-0.25, -0.2) is 9.78 Å². The number of amides is 1. The summed E-state index contributed by atoms with van der Waals surface area (Å²) in [5, 5.41) is 8.71. The van der Waals surface area contributed by atoms with Gasteiger partial charge in [0.1, 0.15) is 5.69 Å². The average Bonchev–Trinajstić information content (AvgIpc) is 2.27. The molecule has 1 amide bonds. The second kappa shape index (κ2) is 5.16. The Morgan fingerprint density at radius 3 is 2.44 bits per heavy atom. The molecule has 5 nitrogen and oxygen atoms in total. The van der Waals surface area contributed by atoms with Crippen LogP contribution >= 0.6 is 0 Å². The summed E-state index contributed by atoms with van der Waals surface area (Å²) >= 11 is 0. The molecule has 0 aliphatic rings. The molecule has 5 heteroatoms. The second-order valence-corrected chi connectivity index (χ2v) is 5.22. The molecule has 0 radical (unpaired) electrons. The van der Waals surface area contributed by atoms with E-state index in [-0.39, 0.29) is 17.7 Å². The highest BCUT2D eigenvalue weighted by atomic mass is 16.4. The zero-order valence-electron chi connectivity index (χ0n) is 11.1. The molecule has 0 atom stereocenters. The number of aromatic nitrogens is 1. The van der Waals surface area contributed by atoms with E-state index in [1.54, 1.807) is 12.1 Å². The molecule has 0 aliphatic carbocycles. The molecule has 0 saturated carbocycles. The summed E-state index contributed by atoms with van der Waals surface area (Å²) in [7, 11) is 1.36. The van der Waals surface area contributed by atoms with Crippen molar-refractivity contribution >= 4 is 11.9 Å². The topological polar surface area (TPSA) is 70.5 Å². The standard InChI is InChI=1S/C13H18N2O3/c1-13(2,3)11-7-5-6-9(14-11)10(16)8-15(4)12(17)18/h5-7H,8H2,1-4H3,(H,17,18). The van der Waals surface area contributed by atoms with Gasteiger partial charge in [-0.15, -0.1) is 0 Å². The third kappa shape index (κ3) is 3.55. The van der Waals surface area contributed by atoms with Crippen molar-refractivity contribution in [1.82, 2.24) is 9.88 Å². The van der Waals surface area contributed by atoms with Crippen LogP contribution in [0.5, 0.6) is 0 Å². The predicted octanol–water partition coefficient (Wildman–Crippen LogP) is 2.17. The lowest BCUT2D eigenvalue weighted by atomic mass is 9.91. The van der Waals surface area contributed by atoms with Gasteiger partial charge in [-0.2, -0.15) is 0 Å². The average molecular weight is 250 g/mol. The van der Waals surface area contributed by atoms with Gasteiger partial charge in [-0.1, -0.05) is 26.8 Å². The van der Waals surface area contributed by atoms with Crippen LogP contribution in [0.2, 0.25) is 0 Å². The molecular weight excluding hydrogens is 232 g/mol. The van der Waals surface area contributed by atoms with E-state index in [1.165, 1.54) is 7.05 Å². The summed E-state index contributed by atoms with van der Waals surface area (Å²) in [6.45, 7) is 5.84. The van der Waals surface area contributed by atoms with Crippen LogP contribution in [-0.4, -0.2) is 40.5 Å². The number of Topliss-reactive ketones (excluding diaryl/α,β-unsaturated/α-hetero) is 1. The van der Waals surface area contributed by atoms with Gasteiger partial charge >= 0.3 is 6.09 Å². The number of hydrogen-bond acceptors (Lipinski definition) is 3. The Morgan fingerprint density at radius 1 is 1.33 bits per heavy atom. The zero-order valence-corrected chi connectivity index (χ0v) is 11.1. The van der Waals surface area contributed by atoms with Gasteiger partial charge in [0, 0.05) is 18.2 Å². The van der Waals surface area contributed by atoms with Crippen LogP contribution in [0, 0.1) is 0 Å². The minimum absolute atomic E-state index is 0.144. The Morgan fingerprint density at radius 2 is 1.94 bits per heavy atom. The smallest absolute Gasteiger partial charge is 0.407 e. The van der Waals surface area contributed by atoms with Crippen molar-refractivity contribution in [2.75, 3.05) is 13.6 Å². The van der Waals surface area contributed by atoms with E-state index in [0.717, 1.165) is 10.6 Å². The summed E-state index contributed by atoms with van der Waals surface area (Å²) < 4.78 is 0. The summed E-state index contributed by atoms with van der Waals surface area (Å²) in [5.41, 5.74) is 0.969. The van der Waals surface area contributed by atoms with Crippen LogP contribution in [0.1, 0.15) is 37.0 Å². The van der Waals surface area contributed by atoms with Gasteiger partial charge in [0.05, 0.1) is 6.54 Å². The highest BCUT2D eigenvalue weighted by Gasteiger charge is 2.19. The number of pyridine rings is 1. The number of carbonyl (C=O) groups excluding carboxylic acids is 1. The van der Waals surface area contributed by atoms with Crippen LogP contribution in [0.25, 0.3) is 0 Å². The molecular formula is C13H18N2O3. The van der Waals surface area contributed by atoms with Crippen LogP contribution in [0.4, 0.5) is 4.79 Å². The molecule has 1 heterocycles. The molecule has 0 aromatic carbocycles. The van der Waals surface area contributed by atoms with Gasteiger partial charge in [0.15, 0.2) is 0 Å². The molecule has 1 rings (SSSR count). The van der Waals surface area contributed by atoms with E-state index in [9.17, 15) is 9.59 Å². The minimum atomic E-state index is -1.13. The van der Waals surface area contributed by atoms with Gasteiger partial charge in [0.25, 0.3) is 0 Å². The molecule has 0 spiro atoms. The zero-order chi connectivity index (χ0) is 13.9. The van der Waals surface area contributed by atoms with E-state index in [4.69, 9.17) is 5.11 Å². The summed E-state index contributed by atoms with van der Waals surface area (Å²) in [6, 6.07) is 5.23. The van der Waals surface area contributed by atoms with Crippen molar-refractivity contribution in [3.63, 3.8) is 0 Å². The Labute approximate surface area is 106 Å². The molecule has 1 N–H and O–H groups in total. The number of hydrogen-bond donors (Lipinski definition) is 1. The van der Waals surface area contributed by atoms with E-state index in [0.29, 0.717) is 5.69 Å². The lowest BCUT2D eigenvalue weighted by molar-refractivity contribution is 0.0924. The number of nitrogens with zero attached hydrogens (tertiary/aromatic N) is 2. The van der Waals surface area contributed by atoms with Crippen molar-refractivity contribution < 1.29 is 14.7 Å². The second-order valence-electron chi connectivity index (χ2n) is 5.22. The first kappa shape index (κ1) is 14.2. The third-order valence-corrected chi connectivity index (χ3v) is 2.51. The number of rotatable bonds is 3. The molecule has 0 fully saturated rings. The van der Waals surface area contributed by atoms with Crippen molar-refractivity contribution in [2.24, 2.45) is 0 Å². The Balaban J connectivity index is 2.91. The van der Waals surface area contributed by atoms with Crippen molar-refractivity contribution in [2.45, 2.75) is 26.2 Å². The molecule has 0 saturated heterocycles. The first-order chi connectivity index (χ1) is 8.21. The van der Waals surface area contributed by atoms with Gasteiger partial charge in [-0.3, -0.25) is 4.79 Å². The maximum absolute atomic E-state index is 11.9. The maximum atomic E-state index is 11.9. The monoisotopic (exact) mass is 250 g/mol. The maximum Gasteiger partial charge on any atom is 0.407 e. The van der Waals surface area contributed by atoms with Gasteiger partial charge in [0.2, 0.25) is 5.78 Å². The fourth-order valence-corrected chi connectivity index (χ4v) is 1.37. The first-order valence-electron chi connectivity index (χ1n) is 5.66. The van der Waals surface area contributed by atoms with E-state index in [2.05, 4.69) is 4.98 Å². The SMILES string of the molecule is CN(CC(=O)c1cccc(C(C)(C)C)n1)C(=O)O. The van der Waals surface area contributed by atoms with Crippen LogP contribution in [0.15, 0.2) is 18.2 Å². The predicted molar refractivity (Wildman–Crippen MR) is 67.9 cm³/mol. The molecule has 0 aliphatic heterocycles.